The average Bonchev–Trinajstić information content (AvgIpc) is 3.14. The fraction of sp³-hybridized carbons (Fsp3) is 0.389. The van der Waals surface area contributed by atoms with Gasteiger partial charge in [-0.25, -0.2) is 0 Å². The fourth-order valence-electron chi connectivity index (χ4n) is 2.84. The molecule has 0 bridgehead atoms. The van der Waals surface area contributed by atoms with E-state index >= 15 is 0 Å². The number of carbonyl (C=O) groups is 4. The van der Waals surface area contributed by atoms with E-state index in [-0.39, 0.29) is 24.6 Å². The van der Waals surface area contributed by atoms with Crippen molar-refractivity contribution in [2.24, 2.45) is 5.10 Å². The van der Waals surface area contributed by atoms with E-state index in [0.717, 1.165) is 4.90 Å². The van der Waals surface area contributed by atoms with Crippen molar-refractivity contribution in [3.05, 3.63) is 35.4 Å². The predicted molar refractivity (Wildman–Crippen MR) is 93.7 cm³/mol. The lowest BCUT2D eigenvalue weighted by Gasteiger charge is -2.22. The monoisotopic (exact) mass is 356 g/mol. The number of imide groups is 1. The first-order valence-corrected chi connectivity index (χ1v) is 8.30. The molecule has 0 saturated heterocycles. The van der Waals surface area contributed by atoms with Crippen LogP contribution >= 0.6 is 0 Å². The van der Waals surface area contributed by atoms with E-state index in [9.17, 15) is 19.2 Å². The van der Waals surface area contributed by atoms with E-state index in [2.05, 4.69) is 15.8 Å². The highest BCUT2D eigenvalue weighted by Crippen LogP contribution is 2.22. The average molecular weight is 356 g/mol. The topological polar surface area (TPSA) is 108 Å². The van der Waals surface area contributed by atoms with Gasteiger partial charge in [-0.1, -0.05) is 12.1 Å². The summed E-state index contributed by atoms with van der Waals surface area (Å²) in [5.41, 5.74) is 2.97. The Morgan fingerprint density at radius 3 is 2.31 bits per heavy atom. The molecule has 0 spiro atoms. The zero-order chi connectivity index (χ0) is 19.1. The zero-order valence-electron chi connectivity index (χ0n) is 14.8. The minimum atomic E-state index is -0.643. The molecule has 8 nitrogen and oxygen atoms in total. The number of amides is 3. The molecular weight excluding hydrogens is 336 g/mol. The van der Waals surface area contributed by atoms with Crippen molar-refractivity contribution < 1.29 is 19.2 Å². The Morgan fingerprint density at radius 2 is 1.77 bits per heavy atom. The summed E-state index contributed by atoms with van der Waals surface area (Å²) < 4.78 is 0. The zero-order valence-corrected chi connectivity index (χ0v) is 14.8. The van der Waals surface area contributed by atoms with Crippen LogP contribution in [0.3, 0.4) is 0 Å². The summed E-state index contributed by atoms with van der Waals surface area (Å²) in [6.07, 6.45) is 0.115. The molecule has 1 aromatic carbocycles. The van der Waals surface area contributed by atoms with Gasteiger partial charge in [0, 0.05) is 12.0 Å². The van der Waals surface area contributed by atoms with Crippen molar-refractivity contribution in [3.8, 4) is 0 Å². The van der Waals surface area contributed by atoms with Gasteiger partial charge in [0.15, 0.2) is 5.78 Å². The number of hydrazone groups is 1. The van der Waals surface area contributed by atoms with Crippen molar-refractivity contribution >= 4 is 29.2 Å². The largest absolute Gasteiger partial charge is 0.350 e. The van der Waals surface area contributed by atoms with Gasteiger partial charge < -0.3 is 5.32 Å². The minimum absolute atomic E-state index is 0.115. The van der Waals surface area contributed by atoms with E-state index in [1.807, 2.05) is 20.8 Å². The summed E-state index contributed by atoms with van der Waals surface area (Å²) in [5.74, 6) is -1.71. The molecule has 2 N–H and O–H groups in total. The Labute approximate surface area is 150 Å². The van der Waals surface area contributed by atoms with E-state index in [4.69, 9.17) is 0 Å². The van der Waals surface area contributed by atoms with Gasteiger partial charge >= 0.3 is 0 Å². The number of nitrogens with zero attached hydrogens (tertiary/aromatic N) is 2. The Balaban J connectivity index is 1.63. The third kappa shape index (κ3) is 3.35. The number of hydrogen-bond acceptors (Lipinski definition) is 6. The standard InChI is InChI=1S/C18H20N4O4/c1-18(2,3)19-15(24)13-8-12(20-21-13)14(23)9-22-16(25)10-6-4-5-7-11(10)17(22)26/h4-7,13,21H,8-9H2,1-3H3,(H,19,24). The van der Waals surface area contributed by atoms with Gasteiger partial charge in [-0.2, -0.15) is 5.10 Å². The lowest BCUT2D eigenvalue weighted by Crippen LogP contribution is -2.48. The highest BCUT2D eigenvalue weighted by atomic mass is 16.2. The molecule has 2 aliphatic heterocycles. The molecule has 1 atom stereocenters. The molecule has 1 aromatic rings. The second-order valence-corrected chi connectivity index (χ2v) is 7.35. The van der Waals surface area contributed by atoms with E-state index in [1.54, 1.807) is 24.3 Å². The van der Waals surface area contributed by atoms with Gasteiger partial charge in [-0.15, -0.1) is 0 Å². The number of Topliss-reactive ketones (excluding diaryl/α,β-unsaturated/α-hetero) is 1. The van der Waals surface area contributed by atoms with Crippen molar-refractivity contribution in [2.75, 3.05) is 6.54 Å². The molecule has 1 unspecified atom stereocenters. The van der Waals surface area contributed by atoms with Crippen LogP contribution in [0.25, 0.3) is 0 Å². The van der Waals surface area contributed by atoms with Crippen LogP contribution in [0.2, 0.25) is 0 Å². The number of fused-ring (bicyclic) bond motifs is 1. The third-order valence-corrected chi connectivity index (χ3v) is 4.07. The van der Waals surface area contributed by atoms with Gasteiger partial charge in [-0.3, -0.25) is 29.5 Å². The maximum absolute atomic E-state index is 12.4. The lowest BCUT2D eigenvalue weighted by molar-refractivity contribution is -0.124. The van der Waals surface area contributed by atoms with E-state index in [0.29, 0.717) is 11.1 Å². The van der Waals surface area contributed by atoms with Crippen molar-refractivity contribution in [1.29, 1.82) is 0 Å². The van der Waals surface area contributed by atoms with Gasteiger partial charge in [0.05, 0.1) is 17.7 Å². The molecule has 0 aromatic heterocycles. The van der Waals surface area contributed by atoms with Gasteiger partial charge in [-0.05, 0) is 32.9 Å². The number of hydrogen-bond donors (Lipinski definition) is 2. The maximum atomic E-state index is 12.4. The second kappa shape index (κ2) is 6.36. The molecule has 0 radical (unpaired) electrons. The molecule has 3 amide bonds. The normalized spacial score (nSPS) is 19.1. The molecule has 2 heterocycles. The SMILES string of the molecule is CC(C)(C)NC(=O)C1CC(C(=O)CN2C(=O)c3ccccc3C2=O)=NN1. The van der Waals surface area contributed by atoms with Crippen molar-refractivity contribution in [3.63, 3.8) is 0 Å². The summed E-state index contributed by atoms with van der Waals surface area (Å²) in [4.78, 5) is 50.2. The van der Waals surface area contributed by atoms with Gasteiger partial charge in [0.25, 0.3) is 11.8 Å². The second-order valence-electron chi connectivity index (χ2n) is 7.35. The predicted octanol–water partition coefficient (Wildman–Crippen LogP) is 0.484. The number of ketones is 1. The molecular formula is C18H20N4O4. The molecule has 136 valence electrons. The highest BCUT2D eigenvalue weighted by Gasteiger charge is 2.38. The summed E-state index contributed by atoms with van der Waals surface area (Å²) in [6, 6.07) is 5.80. The van der Waals surface area contributed by atoms with Gasteiger partial charge in [0.1, 0.15) is 11.8 Å². The molecule has 2 aliphatic rings. The quantitative estimate of drug-likeness (QED) is 0.763. The Bertz CT molecular complexity index is 803. The van der Waals surface area contributed by atoms with Crippen LogP contribution in [0.15, 0.2) is 29.4 Å². The van der Waals surface area contributed by atoms with E-state index < -0.39 is 29.2 Å². The number of carbonyl (C=O) groups excluding carboxylic acids is 4. The Hall–Kier alpha value is -3.03. The molecule has 26 heavy (non-hydrogen) atoms. The van der Waals surface area contributed by atoms with Crippen LogP contribution in [0.4, 0.5) is 0 Å². The smallest absolute Gasteiger partial charge is 0.261 e. The minimum Gasteiger partial charge on any atom is -0.350 e. The highest BCUT2D eigenvalue weighted by molar-refractivity contribution is 6.42. The number of nitrogens with one attached hydrogen (secondary N) is 2. The third-order valence-electron chi connectivity index (χ3n) is 4.07. The van der Waals surface area contributed by atoms with Gasteiger partial charge in [0.2, 0.25) is 5.91 Å². The van der Waals surface area contributed by atoms with Crippen LogP contribution in [-0.2, 0) is 9.59 Å². The summed E-state index contributed by atoms with van der Waals surface area (Å²) in [7, 11) is 0. The Morgan fingerprint density at radius 1 is 1.19 bits per heavy atom. The molecule has 3 rings (SSSR count). The van der Waals surface area contributed by atoms with Crippen LogP contribution in [-0.4, -0.2) is 52.2 Å². The summed E-state index contributed by atoms with van der Waals surface area (Å²) in [5, 5.41) is 6.73. The van der Waals surface area contributed by atoms with Crippen LogP contribution in [0, 0.1) is 0 Å². The molecule has 0 fully saturated rings. The molecule has 0 saturated carbocycles. The summed E-state index contributed by atoms with van der Waals surface area (Å²) >= 11 is 0. The van der Waals surface area contributed by atoms with Crippen LogP contribution in [0.5, 0.6) is 0 Å². The van der Waals surface area contributed by atoms with Crippen molar-refractivity contribution in [2.45, 2.75) is 38.8 Å². The summed E-state index contributed by atoms with van der Waals surface area (Å²) in [6.45, 7) is 5.18. The first-order valence-electron chi connectivity index (χ1n) is 8.30. The van der Waals surface area contributed by atoms with Crippen LogP contribution in [0.1, 0.15) is 47.9 Å². The fourth-order valence-corrected chi connectivity index (χ4v) is 2.84. The number of benzene rings is 1. The first kappa shape index (κ1) is 17.8. The van der Waals surface area contributed by atoms with E-state index in [1.165, 1.54) is 0 Å². The molecule has 0 aliphatic carbocycles. The molecule has 8 heteroatoms. The Kier molecular flexibility index (Phi) is 4.35. The first-order chi connectivity index (χ1) is 12.2. The van der Waals surface area contributed by atoms with Crippen molar-refractivity contribution in [1.82, 2.24) is 15.6 Å². The van der Waals surface area contributed by atoms with Crippen LogP contribution < -0.4 is 10.7 Å². The lowest BCUT2D eigenvalue weighted by atomic mass is 10.0. The maximum Gasteiger partial charge on any atom is 0.261 e. The number of rotatable bonds is 4.